The quantitative estimate of drug-likeness (QED) is 0.0830. The van der Waals surface area contributed by atoms with E-state index in [0.717, 1.165) is 64.1 Å². The molecule has 63 heavy (non-hydrogen) atoms. The Labute approximate surface area is 383 Å². The molecule has 8 atom stereocenters. The highest BCUT2D eigenvalue weighted by Crippen LogP contribution is 2.47. The third-order valence-corrected chi connectivity index (χ3v) is 15.4. The van der Waals surface area contributed by atoms with E-state index in [1.165, 1.54) is 43.6 Å². The Morgan fingerprint density at radius 1 is 0.667 bits per heavy atom. The van der Waals surface area contributed by atoms with Crippen LogP contribution in [0.1, 0.15) is 168 Å². The molecular formula is C52H89O11+. The fourth-order valence-electron chi connectivity index (χ4n) is 9.90. The molecule has 0 amide bonds. The van der Waals surface area contributed by atoms with Crippen molar-refractivity contribution in [1.82, 2.24) is 0 Å². The van der Waals surface area contributed by atoms with Gasteiger partial charge in [0.15, 0.2) is 0 Å². The maximum Gasteiger partial charge on any atom is 1.00 e. The third-order valence-electron chi connectivity index (χ3n) is 15.4. The van der Waals surface area contributed by atoms with E-state index < -0.39 is 0 Å². The third kappa shape index (κ3) is 16.7. The molecule has 0 aromatic heterocycles. The molecule has 0 radical (unpaired) electrons. The lowest BCUT2D eigenvalue weighted by molar-refractivity contribution is -0.157. The number of aliphatic hydroxyl groups excluding tert-OH is 2. The molecule has 1 heterocycles. The number of hydrogen-bond acceptors (Lipinski definition) is 11. The van der Waals surface area contributed by atoms with Gasteiger partial charge in [0.2, 0.25) is 0 Å². The highest BCUT2D eigenvalue weighted by atomic mass is 16.5. The van der Waals surface area contributed by atoms with Crippen molar-refractivity contribution in [2.24, 2.45) is 45.3 Å². The maximum absolute atomic E-state index is 11.3. The van der Waals surface area contributed by atoms with E-state index in [1.54, 1.807) is 0 Å². The normalized spacial score (nSPS) is 31.0. The highest BCUT2D eigenvalue weighted by Gasteiger charge is 2.42. The Balaban J connectivity index is 0. The molecule has 8 unspecified atom stereocenters. The van der Waals surface area contributed by atoms with Crippen molar-refractivity contribution in [3.05, 3.63) is 46.6 Å². The van der Waals surface area contributed by atoms with E-state index >= 15 is 0 Å². The van der Waals surface area contributed by atoms with Crippen molar-refractivity contribution >= 4 is 30.2 Å². The van der Waals surface area contributed by atoms with Crippen molar-refractivity contribution < 1.29 is 56.0 Å². The minimum atomic E-state index is -0.367. The Morgan fingerprint density at radius 3 is 1.38 bits per heavy atom. The minimum Gasteiger partial charge on any atom is -0.469 e. The molecule has 5 aliphatic rings. The van der Waals surface area contributed by atoms with Crippen LogP contribution >= 0.6 is 0 Å². The first-order chi connectivity index (χ1) is 29.2. The molecule has 1 saturated heterocycles. The molecule has 0 aromatic rings. The second-order valence-corrected chi connectivity index (χ2v) is 19.6. The molecular weight excluding hydrogens is 801 g/mol. The van der Waals surface area contributed by atoms with Gasteiger partial charge in [0.05, 0.1) is 27.9 Å². The van der Waals surface area contributed by atoms with Crippen molar-refractivity contribution in [2.75, 3.05) is 41.2 Å². The van der Waals surface area contributed by atoms with Gasteiger partial charge in [0, 0.05) is 62.0 Å². The molecule has 1 aliphatic heterocycles. The van der Waals surface area contributed by atoms with Gasteiger partial charge in [-0.25, -0.2) is 0 Å². The first-order valence-corrected chi connectivity index (χ1v) is 22.9. The predicted molar refractivity (Wildman–Crippen MR) is 252 cm³/mol. The highest BCUT2D eigenvalue weighted by molar-refractivity contribution is 5.71. The number of carbonyl (C=O) groups is 5. The van der Waals surface area contributed by atoms with Gasteiger partial charge in [-0.1, -0.05) is 81.7 Å². The molecule has 1 spiro atoms. The molecule has 2 N–H and O–H groups in total. The summed E-state index contributed by atoms with van der Waals surface area (Å²) in [7, 11) is 4.19. The average molecular weight is 890 g/mol. The Kier molecular flexibility index (Phi) is 24.7. The minimum absolute atomic E-state index is 0. The zero-order chi connectivity index (χ0) is 46.7. The van der Waals surface area contributed by atoms with E-state index in [-0.39, 0.29) is 69.0 Å². The fraction of sp³-hybridized carbons (Fsp3) is 0.750. The maximum atomic E-state index is 11.3. The molecule has 0 bridgehead atoms. The van der Waals surface area contributed by atoms with Crippen LogP contribution in [0.2, 0.25) is 0 Å². The molecule has 0 saturated carbocycles. The summed E-state index contributed by atoms with van der Waals surface area (Å²) in [5.74, 6) is 1.17. The monoisotopic (exact) mass is 890 g/mol. The number of esters is 4. The molecule has 0 aromatic carbocycles. The standard InChI is InChI=1S/2C13H22O3.C13H20O3.C12H18O2.CH4.H2/c3*1-10-4-6-13(9-14,11(2)8-10)7-5-12(15)16-3;1-9-3-5-12(10(2)7-9)6-4-11(13)14-8-12;;/h2*4,11,14H,5-9H2,1-3H3;4,9,11H,5-8H2,1-3H3;3,10H,4-8H2,1-2H3;1H4;1H/p+1. The summed E-state index contributed by atoms with van der Waals surface area (Å²) in [6.07, 6.45) is 22.3. The number of hydrogen-bond donors (Lipinski definition) is 2. The first kappa shape index (κ1) is 57.4. The second kappa shape index (κ2) is 27.0. The number of methoxy groups -OCH3 is 3. The number of aldehydes is 1. The van der Waals surface area contributed by atoms with E-state index in [0.29, 0.717) is 75.2 Å². The lowest BCUT2D eigenvalue weighted by atomic mass is 9.65. The van der Waals surface area contributed by atoms with Crippen LogP contribution in [0.15, 0.2) is 46.6 Å². The molecule has 11 heteroatoms. The van der Waals surface area contributed by atoms with E-state index in [2.05, 4.69) is 93.9 Å². The number of allylic oxidation sites excluding steroid dienone is 8. The van der Waals surface area contributed by atoms with E-state index in [4.69, 9.17) is 4.74 Å². The van der Waals surface area contributed by atoms with Crippen LogP contribution in [0.4, 0.5) is 0 Å². The van der Waals surface area contributed by atoms with Gasteiger partial charge in [-0.15, -0.1) is 0 Å². The first-order valence-electron chi connectivity index (χ1n) is 22.9. The number of carbonyl (C=O) groups excluding carboxylic acids is 5. The van der Waals surface area contributed by atoms with Gasteiger partial charge < -0.3 is 34.0 Å². The van der Waals surface area contributed by atoms with Crippen LogP contribution in [-0.2, 0) is 42.9 Å². The fourth-order valence-corrected chi connectivity index (χ4v) is 9.90. The van der Waals surface area contributed by atoms with Gasteiger partial charge in [-0.05, 0) is 128 Å². The van der Waals surface area contributed by atoms with Crippen molar-refractivity contribution in [3.8, 4) is 0 Å². The van der Waals surface area contributed by atoms with E-state index in [1.807, 2.05) is 0 Å². The number of aliphatic hydroxyl groups is 2. The molecule has 362 valence electrons. The summed E-state index contributed by atoms with van der Waals surface area (Å²) in [6.45, 7) is 18.1. The average Bonchev–Trinajstić information content (AvgIpc) is 3.26. The Morgan fingerprint density at radius 2 is 1.05 bits per heavy atom. The summed E-state index contributed by atoms with van der Waals surface area (Å²) in [5, 5.41) is 19.2. The summed E-state index contributed by atoms with van der Waals surface area (Å²) in [5.41, 5.74) is 5.22. The van der Waals surface area contributed by atoms with Crippen molar-refractivity contribution in [1.29, 1.82) is 0 Å². The van der Waals surface area contributed by atoms with Crippen LogP contribution in [0.25, 0.3) is 0 Å². The SMILES string of the molecule is C.CC1=CCC2(CCC(=O)OC2)C(C)C1.COC(=O)CCC1(C=O)CC=C(C)CC1C.COC(=O)CCC1(CO)CC=C(C)CC1C.COC(=O)CCC1(CO)CC=C(C)CC1C.[H+].[HH]. The summed E-state index contributed by atoms with van der Waals surface area (Å²) >= 11 is 0. The van der Waals surface area contributed by atoms with Crippen LogP contribution in [0, 0.1) is 45.3 Å². The van der Waals surface area contributed by atoms with Crippen molar-refractivity contribution in [3.63, 3.8) is 0 Å². The molecule has 1 fully saturated rings. The number of cyclic esters (lactones) is 1. The predicted octanol–water partition coefficient (Wildman–Crippen LogP) is 10.8. The molecule has 4 aliphatic carbocycles. The largest absolute Gasteiger partial charge is 1.00 e. The number of ether oxygens (including phenoxy) is 4. The van der Waals surface area contributed by atoms with E-state index in [9.17, 15) is 34.2 Å². The summed E-state index contributed by atoms with van der Waals surface area (Å²) < 4.78 is 19.1. The second-order valence-electron chi connectivity index (χ2n) is 19.6. The molecule has 5 rings (SSSR count). The summed E-state index contributed by atoms with van der Waals surface area (Å²) in [6, 6.07) is 0. The van der Waals surface area contributed by atoms with Crippen LogP contribution in [-0.4, -0.2) is 81.5 Å². The number of rotatable bonds is 12. The van der Waals surface area contributed by atoms with Gasteiger partial charge in [-0.3, -0.25) is 19.2 Å². The van der Waals surface area contributed by atoms with Gasteiger partial charge in [-0.2, -0.15) is 0 Å². The van der Waals surface area contributed by atoms with Gasteiger partial charge in [0.25, 0.3) is 0 Å². The Bertz CT molecular complexity index is 1570. The topological polar surface area (TPSA) is 163 Å². The van der Waals surface area contributed by atoms with Gasteiger partial charge >= 0.3 is 25.3 Å². The van der Waals surface area contributed by atoms with Crippen molar-refractivity contribution in [2.45, 2.75) is 166 Å². The van der Waals surface area contributed by atoms with Crippen LogP contribution in [0.5, 0.6) is 0 Å². The smallest absolute Gasteiger partial charge is 0.469 e. The van der Waals surface area contributed by atoms with Crippen LogP contribution in [0.3, 0.4) is 0 Å². The van der Waals surface area contributed by atoms with Crippen LogP contribution < -0.4 is 0 Å². The van der Waals surface area contributed by atoms with Gasteiger partial charge in [0.1, 0.15) is 6.29 Å². The lowest BCUT2D eigenvalue weighted by Gasteiger charge is -2.43. The zero-order valence-electron chi connectivity index (χ0n) is 41.2. The zero-order valence-corrected chi connectivity index (χ0v) is 40.2. The lowest BCUT2D eigenvalue weighted by Crippen LogP contribution is -2.40. The molecule has 11 nitrogen and oxygen atoms in total. The summed E-state index contributed by atoms with van der Waals surface area (Å²) in [4.78, 5) is 55.8. The Hall–Kier alpha value is -3.57.